The Hall–Kier alpha value is -1.13. The van der Waals surface area contributed by atoms with Gasteiger partial charge in [-0.15, -0.1) is 6.58 Å². The highest BCUT2D eigenvalue weighted by molar-refractivity contribution is 7.08. The van der Waals surface area contributed by atoms with Crippen molar-refractivity contribution in [1.29, 1.82) is 0 Å². The Morgan fingerprint density at radius 3 is 2.90 bits per heavy atom. The molecule has 3 rings (SSSR count). The van der Waals surface area contributed by atoms with Gasteiger partial charge < -0.3 is 4.90 Å². The fraction of sp³-hybridized carbons (Fsp3) is 0.562. The van der Waals surface area contributed by atoms with Crippen molar-refractivity contribution < 1.29 is 4.79 Å². The molecular weight excluding hydrogens is 268 g/mol. The van der Waals surface area contributed by atoms with Crippen molar-refractivity contribution in [3.8, 4) is 0 Å². The van der Waals surface area contributed by atoms with Gasteiger partial charge in [0.2, 0.25) is 0 Å². The lowest BCUT2D eigenvalue weighted by Gasteiger charge is -2.45. The largest absolute Gasteiger partial charge is 0.337 e. The summed E-state index contributed by atoms with van der Waals surface area (Å²) in [5.41, 5.74) is 1.05. The van der Waals surface area contributed by atoms with Crippen molar-refractivity contribution in [1.82, 2.24) is 9.80 Å². The molecule has 1 atom stereocenters. The topological polar surface area (TPSA) is 23.6 Å². The zero-order valence-electron chi connectivity index (χ0n) is 11.9. The van der Waals surface area contributed by atoms with Gasteiger partial charge in [-0.25, -0.2) is 0 Å². The lowest BCUT2D eigenvalue weighted by atomic mass is 9.86. The number of rotatable bonds is 3. The van der Waals surface area contributed by atoms with E-state index in [1.54, 1.807) is 11.3 Å². The van der Waals surface area contributed by atoms with E-state index in [4.69, 9.17) is 0 Å². The van der Waals surface area contributed by atoms with Crippen molar-refractivity contribution in [2.75, 3.05) is 26.2 Å². The molecule has 0 aliphatic carbocycles. The molecule has 1 aromatic rings. The second kappa shape index (κ2) is 5.70. The minimum absolute atomic E-state index is 0.204. The summed E-state index contributed by atoms with van der Waals surface area (Å²) in [6, 6.07) is 1.93. The molecule has 1 aromatic heterocycles. The number of carbonyl (C=O) groups excluding carboxylic acids is 1. The molecule has 0 bridgehead atoms. The normalized spacial score (nSPS) is 27.1. The van der Waals surface area contributed by atoms with Crippen LogP contribution in [0.15, 0.2) is 29.5 Å². The Morgan fingerprint density at radius 2 is 2.20 bits per heavy atom. The number of carbonyl (C=O) groups is 1. The Kier molecular flexibility index (Phi) is 3.94. The van der Waals surface area contributed by atoms with E-state index in [2.05, 4.69) is 16.4 Å². The number of piperidine rings is 1. The minimum atomic E-state index is 0.204. The van der Waals surface area contributed by atoms with E-state index < -0.39 is 0 Å². The summed E-state index contributed by atoms with van der Waals surface area (Å²) in [6.45, 7) is 7.75. The summed E-state index contributed by atoms with van der Waals surface area (Å²) in [7, 11) is 0. The van der Waals surface area contributed by atoms with Gasteiger partial charge in [-0.3, -0.25) is 9.69 Å². The monoisotopic (exact) mass is 290 g/mol. The summed E-state index contributed by atoms with van der Waals surface area (Å²) < 4.78 is 0. The van der Waals surface area contributed by atoms with Gasteiger partial charge in [0.05, 0.1) is 5.56 Å². The second-order valence-corrected chi connectivity index (χ2v) is 6.68. The molecular formula is C16H22N2OS. The highest BCUT2D eigenvalue weighted by atomic mass is 32.1. The van der Waals surface area contributed by atoms with Crippen molar-refractivity contribution in [2.24, 2.45) is 0 Å². The average Bonchev–Trinajstić information content (AvgIpc) is 3.10. The van der Waals surface area contributed by atoms with Crippen LogP contribution in [0.25, 0.3) is 0 Å². The van der Waals surface area contributed by atoms with Crippen LogP contribution in [-0.4, -0.2) is 47.4 Å². The van der Waals surface area contributed by atoms with Gasteiger partial charge in [-0.1, -0.05) is 6.08 Å². The zero-order chi connectivity index (χ0) is 14.0. The first-order valence-electron chi connectivity index (χ1n) is 7.43. The highest BCUT2D eigenvalue weighted by Gasteiger charge is 2.44. The van der Waals surface area contributed by atoms with Crippen molar-refractivity contribution >= 4 is 17.2 Å². The number of thiophene rings is 1. The van der Waals surface area contributed by atoms with Crippen molar-refractivity contribution in [2.45, 2.75) is 31.2 Å². The first-order chi connectivity index (χ1) is 9.75. The van der Waals surface area contributed by atoms with Gasteiger partial charge in [0.1, 0.15) is 0 Å². The molecule has 0 radical (unpaired) electrons. The predicted molar refractivity (Wildman–Crippen MR) is 83.2 cm³/mol. The molecule has 3 nitrogen and oxygen atoms in total. The van der Waals surface area contributed by atoms with Crippen LogP contribution in [-0.2, 0) is 0 Å². The van der Waals surface area contributed by atoms with Crippen molar-refractivity contribution in [3.63, 3.8) is 0 Å². The third kappa shape index (κ3) is 2.42. The molecule has 0 N–H and O–H groups in total. The maximum atomic E-state index is 12.6. The van der Waals surface area contributed by atoms with Crippen LogP contribution in [0.5, 0.6) is 0 Å². The van der Waals surface area contributed by atoms with Crippen molar-refractivity contribution in [3.05, 3.63) is 35.0 Å². The van der Waals surface area contributed by atoms with E-state index in [9.17, 15) is 4.79 Å². The molecule has 4 heteroatoms. The molecule has 2 fully saturated rings. The highest BCUT2D eigenvalue weighted by Crippen LogP contribution is 2.37. The van der Waals surface area contributed by atoms with E-state index in [0.29, 0.717) is 0 Å². The quantitative estimate of drug-likeness (QED) is 0.799. The lowest BCUT2D eigenvalue weighted by molar-refractivity contribution is 0.0367. The number of nitrogens with zero attached hydrogens (tertiary/aromatic N) is 2. The standard InChI is InChI=1S/C16H22N2OS/c1-2-8-18-10-4-7-16(18)6-3-9-17(13-16)15(19)14-5-11-20-12-14/h2,5,11-12H,1,3-4,6-10,13H2/t16-/m0/s1. The summed E-state index contributed by atoms with van der Waals surface area (Å²) in [5.74, 6) is 0.204. The summed E-state index contributed by atoms with van der Waals surface area (Å²) in [6.07, 6.45) is 6.78. The van der Waals surface area contributed by atoms with Gasteiger partial charge in [0, 0.05) is 30.6 Å². The van der Waals surface area contributed by atoms with E-state index in [0.717, 1.165) is 38.2 Å². The summed E-state index contributed by atoms with van der Waals surface area (Å²) in [4.78, 5) is 17.2. The van der Waals surface area contributed by atoms with Crippen LogP contribution in [0.4, 0.5) is 0 Å². The lowest BCUT2D eigenvalue weighted by Crippen LogP contribution is -2.56. The molecule has 3 heterocycles. The smallest absolute Gasteiger partial charge is 0.254 e. The Balaban J connectivity index is 1.76. The fourth-order valence-corrected chi connectivity index (χ4v) is 4.38. The van der Waals surface area contributed by atoms with Gasteiger partial charge in [-0.05, 0) is 43.7 Å². The number of hydrogen-bond acceptors (Lipinski definition) is 3. The maximum Gasteiger partial charge on any atom is 0.254 e. The number of amides is 1. The Labute approximate surface area is 124 Å². The fourth-order valence-electron chi connectivity index (χ4n) is 3.75. The first-order valence-corrected chi connectivity index (χ1v) is 8.37. The maximum absolute atomic E-state index is 12.6. The molecule has 0 unspecified atom stereocenters. The third-order valence-corrected chi connectivity index (χ3v) is 5.38. The van der Waals surface area contributed by atoms with Gasteiger partial charge >= 0.3 is 0 Å². The van der Waals surface area contributed by atoms with Crippen LogP contribution in [0.2, 0.25) is 0 Å². The molecule has 20 heavy (non-hydrogen) atoms. The van der Waals surface area contributed by atoms with E-state index in [1.165, 1.54) is 19.3 Å². The molecule has 2 saturated heterocycles. The third-order valence-electron chi connectivity index (χ3n) is 4.70. The second-order valence-electron chi connectivity index (χ2n) is 5.90. The van der Waals surface area contributed by atoms with Gasteiger partial charge in [0.25, 0.3) is 5.91 Å². The minimum Gasteiger partial charge on any atom is -0.337 e. The Morgan fingerprint density at radius 1 is 1.40 bits per heavy atom. The van der Waals surface area contributed by atoms with Gasteiger partial charge in [0.15, 0.2) is 0 Å². The van der Waals surface area contributed by atoms with E-state index in [1.807, 2.05) is 22.9 Å². The van der Waals surface area contributed by atoms with Crippen LogP contribution in [0.1, 0.15) is 36.0 Å². The molecule has 0 aromatic carbocycles. The molecule has 108 valence electrons. The van der Waals surface area contributed by atoms with Crippen LogP contribution >= 0.6 is 11.3 Å². The van der Waals surface area contributed by atoms with Crippen LogP contribution in [0, 0.1) is 0 Å². The van der Waals surface area contributed by atoms with Crippen LogP contribution < -0.4 is 0 Å². The van der Waals surface area contributed by atoms with Crippen LogP contribution in [0.3, 0.4) is 0 Å². The first kappa shape index (κ1) is 13.8. The van der Waals surface area contributed by atoms with E-state index in [-0.39, 0.29) is 11.4 Å². The number of likely N-dealkylation sites (tertiary alicyclic amines) is 2. The predicted octanol–water partition coefficient (Wildman–Crippen LogP) is 3.00. The molecule has 2 aliphatic rings. The number of hydrogen-bond donors (Lipinski definition) is 0. The summed E-state index contributed by atoms with van der Waals surface area (Å²) in [5, 5.41) is 3.94. The van der Waals surface area contributed by atoms with Gasteiger partial charge in [-0.2, -0.15) is 11.3 Å². The molecule has 0 saturated carbocycles. The molecule has 1 spiro atoms. The SMILES string of the molecule is C=CCN1CCC[C@]12CCCN(C(=O)c1ccsc1)C2. The molecule has 1 amide bonds. The Bertz CT molecular complexity index is 485. The average molecular weight is 290 g/mol. The van der Waals surface area contributed by atoms with E-state index >= 15 is 0 Å². The zero-order valence-corrected chi connectivity index (χ0v) is 12.7. The molecule has 2 aliphatic heterocycles. The summed E-state index contributed by atoms with van der Waals surface area (Å²) >= 11 is 1.59.